The van der Waals surface area contributed by atoms with Crippen LogP contribution >= 0.6 is 0 Å². The van der Waals surface area contributed by atoms with E-state index in [1.807, 2.05) is 12.3 Å². The normalized spacial score (nSPS) is 27.7. The van der Waals surface area contributed by atoms with Gasteiger partial charge >= 0.3 is 0 Å². The molecule has 0 spiro atoms. The lowest BCUT2D eigenvalue weighted by molar-refractivity contribution is 0.380. The van der Waals surface area contributed by atoms with Crippen molar-refractivity contribution < 1.29 is 9.47 Å². The van der Waals surface area contributed by atoms with Crippen LogP contribution in [0.15, 0.2) is 23.1 Å². The average Bonchev–Trinajstić information content (AvgIpc) is 3.04. The van der Waals surface area contributed by atoms with Crippen LogP contribution in [0.1, 0.15) is 5.56 Å². The van der Waals surface area contributed by atoms with E-state index in [0.717, 1.165) is 25.2 Å². The number of hydrogen-bond donors (Lipinski definition) is 0. The molecule has 2 aliphatic heterocycles. The van der Waals surface area contributed by atoms with Crippen molar-refractivity contribution >= 4 is 0 Å². The van der Waals surface area contributed by atoms with E-state index in [1.165, 1.54) is 0 Å². The molecule has 80 valence electrons. The lowest BCUT2D eigenvalue weighted by atomic mass is 10.1. The Labute approximate surface area is 87.4 Å². The molecule has 3 heterocycles. The highest BCUT2D eigenvalue weighted by molar-refractivity contribution is 5.13. The van der Waals surface area contributed by atoms with Gasteiger partial charge in [-0.3, -0.25) is 4.79 Å². The summed E-state index contributed by atoms with van der Waals surface area (Å²) in [4.78, 5) is 11.7. The molecular weight excluding hydrogens is 194 g/mol. The summed E-state index contributed by atoms with van der Waals surface area (Å²) in [5.41, 5.74) is 1.12. The molecule has 2 aliphatic rings. The Morgan fingerprint density at radius 3 is 2.67 bits per heavy atom. The van der Waals surface area contributed by atoms with Gasteiger partial charge in [-0.05, 0) is 11.6 Å². The molecule has 4 heteroatoms. The minimum Gasteiger partial charge on any atom is -0.373 e. The molecule has 0 bridgehead atoms. The van der Waals surface area contributed by atoms with Crippen LogP contribution in [0.2, 0.25) is 0 Å². The van der Waals surface area contributed by atoms with Crippen molar-refractivity contribution in [2.24, 2.45) is 0 Å². The predicted octanol–water partition coefficient (Wildman–Crippen LogP) is 0.188. The number of aromatic nitrogens is 1. The molecule has 15 heavy (non-hydrogen) atoms. The Morgan fingerprint density at radius 1 is 1.33 bits per heavy atom. The maximum absolute atomic E-state index is 11.7. The maximum Gasteiger partial charge on any atom is 0.250 e. The molecule has 4 nitrogen and oxygen atoms in total. The summed E-state index contributed by atoms with van der Waals surface area (Å²) in [6, 6.07) is 3.69. The minimum atomic E-state index is 0.0589. The lowest BCUT2D eigenvalue weighted by Crippen LogP contribution is -2.21. The van der Waals surface area contributed by atoms with E-state index >= 15 is 0 Å². The third-order valence-corrected chi connectivity index (χ3v) is 2.73. The first-order chi connectivity index (χ1) is 7.31. The van der Waals surface area contributed by atoms with Crippen molar-refractivity contribution in [1.82, 2.24) is 4.57 Å². The van der Waals surface area contributed by atoms with Crippen LogP contribution in [0, 0.1) is 0 Å². The Bertz CT molecular complexity index is 418. The van der Waals surface area contributed by atoms with Crippen LogP contribution in [0.4, 0.5) is 0 Å². The van der Waals surface area contributed by atoms with Gasteiger partial charge in [0.15, 0.2) is 0 Å². The molecule has 2 fully saturated rings. The molecule has 1 aromatic rings. The maximum atomic E-state index is 11.7. The molecule has 2 unspecified atom stereocenters. The number of rotatable bonds is 4. The van der Waals surface area contributed by atoms with Gasteiger partial charge in [0, 0.05) is 18.7 Å². The van der Waals surface area contributed by atoms with Gasteiger partial charge in [0.25, 0.3) is 5.56 Å². The van der Waals surface area contributed by atoms with Crippen LogP contribution in [-0.2, 0) is 22.4 Å². The van der Waals surface area contributed by atoms with Crippen LogP contribution in [0.25, 0.3) is 0 Å². The lowest BCUT2D eigenvalue weighted by Gasteiger charge is -2.04. The zero-order chi connectivity index (χ0) is 10.3. The zero-order valence-corrected chi connectivity index (χ0v) is 8.39. The Balaban J connectivity index is 1.75. The van der Waals surface area contributed by atoms with Crippen LogP contribution in [-0.4, -0.2) is 30.0 Å². The second kappa shape index (κ2) is 3.47. The van der Waals surface area contributed by atoms with Crippen molar-refractivity contribution in [2.45, 2.75) is 25.2 Å². The van der Waals surface area contributed by atoms with E-state index in [0.29, 0.717) is 12.6 Å². The molecule has 0 aliphatic carbocycles. The zero-order valence-electron chi connectivity index (χ0n) is 8.39. The molecule has 0 radical (unpaired) electrons. The SMILES string of the molecule is O=c1cc(CC2CO2)ccn1CC1CO1. The van der Waals surface area contributed by atoms with E-state index < -0.39 is 0 Å². The molecule has 0 N–H and O–H groups in total. The van der Waals surface area contributed by atoms with E-state index in [4.69, 9.17) is 9.47 Å². The molecule has 2 saturated heterocycles. The highest BCUT2D eigenvalue weighted by Crippen LogP contribution is 2.15. The van der Waals surface area contributed by atoms with Crippen LogP contribution in [0.3, 0.4) is 0 Å². The summed E-state index contributed by atoms with van der Waals surface area (Å²) in [5.74, 6) is 0. The fraction of sp³-hybridized carbons (Fsp3) is 0.545. The number of epoxide rings is 2. The second-order valence-electron chi connectivity index (χ2n) is 4.14. The van der Waals surface area contributed by atoms with Crippen molar-refractivity contribution in [3.63, 3.8) is 0 Å². The van der Waals surface area contributed by atoms with Crippen LogP contribution < -0.4 is 5.56 Å². The molecule has 3 rings (SSSR count). The van der Waals surface area contributed by atoms with Gasteiger partial charge in [-0.1, -0.05) is 0 Å². The van der Waals surface area contributed by atoms with E-state index in [2.05, 4.69) is 0 Å². The molecule has 0 saturated carbocycles. The van der Waals surface area contributed by atoms with Crippen molar-refractivity contribution in [3.8, 4) is 0 Å². The quantitative estimate of drug-likeness (QED) is 0.662. The smallest absolute Gasteiger partial charge is 0.250 e. The number of hydrogen-bond acceptors (Lipinski definition) is 3. The van der Waals surface area contributed by atoms with E-state index in [9.17, 15) is 4.79 Å². The van der Waals surface area contributed by atoms with Gasteiger partial charge < -0.3 is 14.0 Å². The number of nitrogens with zero attached hydrogens (tertiary/aromatic N) is 1. The van der Waals surface area contributed by atoms with E-state index in [1.54, 1.807) is 10.6 Å². The third-order valence-electron chi connectivity index (χ3n) is 2.73. The largest absolute Gasteiger partial charge is 0.373 e. The summed E-state index contributed by atoms with van der Waals surface area (Å²) >= 11 is 0. The fourth-order valence-corrected chi connectivity index (χ4v) is 1.67. The first kappa shape index (κ1) is 9.12. The highest BCUT2D eigenvalue weighted by Gasteiger charge is 2.24. The van der Waals surface area contributed by atoms with Gasteiger partial charge in [0.1, 0.15) is 0 Å². The summed E-state index contributed by atoms with van der Waals surface area (Å²) in [5, 5.41) is 0. The average molecular weight is 207 g/mol. The molecule has 1 aromatic heterocycles. The number of pyridine rings is 1. The molecule has 2 atom stereocenters. The Morgan fingerprint density at radius 2 is 2.07 bits per heavy atom. The summed E-state index contributed by atoms with van der Waals surface area (Å²) in [6.07, 6.45) is 3.30. The van der Waals surface area contributed by atoms with Gasteiger partial charge in [0.2, 0.25) is 0 Å². The first-order valence-corrected chi connectivity index (χ1v) is 5.24. The molecular formula is C11H13NO3. The predicted molar refractivity (Wildman–Crippen MR) is 53.9 cm³/mol. The topological polar surface area (TPSA) is 47.1 Å². The minimum absolute atomic E-state index is 0.0589. The van der Waals surface area contributed by atoms with Crippen LogP contribution in [0.5, 0.6) is 0 Å². The fourth-order valence-electron chi connectivity index (χ4n) is 1.67. The monoisotopic (exact) mass is 207 g/mol. The third kappa shape index (κ3) is 2.27. The first-order valence-electron chi connectivity index (χ1n) is 5.24. The van der Waals surface area contributed by atoms with Gasteiger partial charge in [-0.25, -0.2) is 0 Å². The van der Waals surface area contributed by atoms with Crippen molar-refractivity contribution in [3.05, 3.63) is 34.2 Å². The van der Waals surface area contributed by atoms with Crippen molar-refractivity contribution in [2.75, 3.05) is 13.2 Å². The highest BCUT2D eigenvalue weighted by atomic mass is 16.6. The summed E-state index contributed by atoms with van der Waals surface area (Å²) < 4.78 is 11.9. The summed E-state index contributed by atoms with van der Waals surface area (Å²) in [6.45, 7) is 2.29. The van der Waals surface area contributed by atoms with Gasteiger partial charge in [-0.15, -0.1) is 0 Å². The van der Waals surface area contributed by atoms with Gasteiger partial charge in [-0.2, -0.15) is 0 Å². The Kier molecular flexibility index (Phi) is 2.11. The molecule has 0 aromatic carbocycles. The molecule has 0 amide bonds. The second-order valence-corrected chi connectivity index (χ2v) is 4.14. The summed E-state index contributed by atoms with van der Waals surface area (Å²) in [7, 11) is 0. The van der Waals surface area contributed by atoms with E-state index in [-0.39, 0.29) is 11.7 Å². The van der Waals surface area contributed by atoms with Crippen molar-refractivity contribution in [1.29, 1.82) is 0 Å². The number of ether oxygens (including phenoxy) is 2. The Hall–Kier alpha value is -1.13. The van der Waals surface area contributed by atoms with Gasteiger partial charge in [0.05, 0.1) is 32.0 Å². The standard InChI is InChI=1S/C11H13NO3/c13-11-4-8(3-9-6-14-9)1-2-12(11)5-10-7-15-10/h1-2,4,9-10H,3,5-7H2.